The molecule has 0 amide bonds. The van der Waals surface area contributed by atoms with E-state index in [2.05, 4.69) is 4.72 Å². The molecule has 0 bridgehead atoms. The molecule has 0 saturated heterocycles. The summed E-state index contributed by atoms with van der Waals surface area (Å²) in [5, 5.41) is 1.97. The van der Waals surface area contributed by atoms with Crippen LogP contribution in [0.4, 0.5) is 0 Å². The zero-order valence-electron chi connectivity index (χ0n) is 10.7. The van der Waals surface area contributed by atoms with Crippen molar-refractivity contribution in [2.24, 2.45) is 11.7 Å². The Morgan fingerprint density at radius 3 is 2.84 bits per heavy atom. The molecule has 0 aromatic carbocycles. The molecule has 1 aromatic rings. The summed E-state index contributed by atoms with van der Waals surface area (Å²) in [5.41, 5.74) is 5.66. The van der Waals surface area contributed by atoms with E-state index in [9.17, 15) is 8.42 Å². The lowest BCUT2D eigenvalue weighted by atomic mass is 10.1. The number of thiophene rings is 1. The standard InChI is InChI=1S/C12H20N2O2S2.ClH/c13-9-10-3-1-5-12(10)14-18(15,16)8-6-11-4-2-7-17-11;/h2,4,7,10,12,14H,1,3,5-6,8-9,13H2;1H. The van der Waals surface area contributed by atoms with Crippen LogP contribution in [0.3, 0.4) is 0 Å². The van der Waals surface area contributed by atoms with Gasteiger partial charge in [-0.25, -0.2) is 13.1 Å². The monoisotopic (exact) mass is 324 g/mol. The van der Waals surface area contributed by atoms with Crippen molar-refractivity contribution in [1.82, 2.24) is 4.72 Å². The highest BCUT2D eigenvalue weighted by atomic mass is 35.5. The average Bonchev–Trinajstić information content (AvgIpc) is 2.96. The predicted molar refractivity (Wildman–Crippen MR) is 82.4 cm³/mol. The molecule has 0 spiro atoms. The molecule has 2 unspecified atom stereocenters. The van der Waals surface area contributed by atoms with E-state index in [4.69, 9.17) is 5.73 Å². The molecule has 1 saturated carbocycles. The number of rotatable bonds is 6. The fourth-order valence-electron chi connectivity index (χ4n) is 2.45. The Labute approximate surface area is 125 Å². The highest BCUT2D eigenvalue weighted by Gasteiger charge is 2.29. The minimum atomic E-state index is -3.18. The van der Waals surface area contributed by atoms with Gasteiger partial charge in [0.2, 0.25) is 10.0 Å². The van der Waals surface area contributed by atoms with Gasteiger partial charge in [-0.15, -0.1) is 23.7 Å². The molecule has 4 nitrogen and oxygen atoms in total. The van der Waals surface area contributed by atoms with Gasteiger partial charge in [0.1, 0.15) is 0 Å². The Morgan fingerprint density at radius 2 is 2.21 bits per heavy atom. The van der Waals surface area contributed by atoms with Crippen LogP contribution in [0.25, 0.3) is 0 Å². The number of nitrogens with two attached hydrogens (primary N) is 1. The van der Waals surface area contributed by atoms with Crippen LogP contribution in [0.15, 0.2) is 17.5 Å². The van der Waals surface area contributed by atoms with Crippen LogP contribution in [-0.2, 0) is 16.4 Å². The van der Waals surface area contributed by atoms with Gasteiger partial charge < -0.3 is 5.73 Å². The fourth-order valence-corrected chi connectivity index (χ4v) is 4.67. The third-order valence-electron chi connectivity index (χ3n) is 3.49. The van der Waals surface area contributed by atoms with Crippen LogP contribution < -0.4 is 10.5 Å². The van der Waals surface area contributed by atoms with Crippen molar-refractivity contribution in [3.05, 3.63) is 22.4 Å². The van der Waals surface area contributed by atoms with E-state index in [1.54, 1.807) is 11.3 Å². The lowest BCUT2D eigenvalue weighted by molar-refractivity contribution is 0.453. The van der Waals surface area contributed by atoms with Gasteiger partial charge in [0.05, 0.1) is 5.75 Å². The summed E-state index contributed by atoms with van der Waals surface area (Å²) in [4.78, 5) is 1.11. The number of sulfonamides is 1. The van der Waals surface area contributed by atoms with Gasteiger partial charge in [-0.1, -0.05) is 12.5 Å². The summed E-state index contributed by atoms with van der Waals surface area (Å²) >= 11 is 1.60. The maximum absolute atomic E-state index is 12.0. The first-order valence-electron chi connectivity index (χ1n) is 6.33. The number of halogens is 1. The molecule has 1 heterocycles. The second kappa shape index (κ2) is 7.59. The molecule has 0 radical (unpaired) electrons. The normalized spacial score (nSPS) is 23.2. The van der Waals surface area contributed by atoms with Crippen LogP contribution in [0.1, 0.15) is 24.1 Å². The Hall–Kier alpha value is -0.140. The highest BCUT2D eigenvalue weighted by molar-refractivity contribution is 7.89. The summed E-state index contributed by atoms with van der Waals surface area (Å²) in [6.07, 6.45) is 3.61. The second-order valence-corrected chi connectivity index (χ2v) is 7.70. The molecule has 7 heteroatoms. The summed E-state index contributed by atoms with van der Waals surface area (Å²) in [7, 11) is -3.18. The van der Waals surface area contributed by atoms with Gasteiger partial charge >= 0.3 is 0 Å². The maximum atomic E-state index is 12.0. The molecular formula is C12H21ClN2O2S2. The molecule has 1 aliphatic rings. The molecule has 110 valence electrons. The zero-order valence-corrected chi connectivity index (χ0v) is 13.2. The molecule has 1 fully saturated rings. The Morgan fingerprint density at radius 1 is 1.42 bits per heavy atom. The van der Waals surface area contributed by atoms with Crippen molar-refractivity contribution < 1.29 is 8.42 Å². The van der Waals surface area contributed by atoms with E-state index >= 15 is 0 Å². The zero-order chi connectivity index (χ0) is 13.0. The molecule has 1 aromatic heterocycles. The summed E-state index contributed by atoms with van der Waals surface area (Å²) in [6, 6.07) is 3.96. The topological polar surface area (TPSA) is 72.2 Å². The number of nitrogens with one attached hydrogen (secondary N) is 1. The minimum Gasteiger partial charge on any atom is -0.330 e. The molecule has 3 N–H and O–H groups in total. The van der Waals surface area contributed by atoms with E-state index < -0.39 is 10.0 Å². The van der Waals surface area contributed by atoms with E-state index in [1.165, 1.54) is 0 Å². The van der Waals surface area contributed by atoms with Crippen molar-refractivity contribution >= 4 is 33.8 Å². The van der Waals surface area contributed by atoms with Gasteiger partial charge in [0.25, 0.3) is 0 Å². The van der Waals surface area contributed by atoms with Crippen molar-refractivity contribution in [3.8, 4) is 0 Å². The van der Waals surface area contributed by atoms with Crippen LogP contribution >= 0.6 is 23.7 Å². The molecule has 2 atom stereocenters. The fraction of sp³-hybridized carbons (Fsp3) is 0.667. The molecule has 2 rings (SSSR count). The third kappa shape index (κ3) is 5.04. The first-order chi connectivity index (χ1) is 8.61. The number of hydrogen-bond acceptors (Lipinski definition) is 4. The van der Waals surface area contributed by atoms with Crippen molar-refractivity contribution in [1.29, 1.82) is 0 Å². The smallest absolute Gasteiger partial charge is 0.212 e. The van der Waals surface area contributed by atoms with Gasteiger partial charge in [-0.05, 0) is 43.2 Å². The Bertz CT molecular complexity index is 462. The van der Waals surface area contributed by atoms with E-state index in [0.717, 1.165) is 24.1 Å². The first kappa shape index (κ1) is 16.9. The Kier molecular flexibility index (Phi) is 6.76. The summed E-state index contributed by atoms with van der Waals surface area (Å²) in [6.45, 7) is 0.568. The van der Waals surface area contributed by atoms with Gasteiger partial charge in [-0.2, -0.15) is 0 Å². The molecule has 1 aliphatic carbocycles. The summed E-state index contributed by atoms with van der Waals surface area (Å²) < 4.78 is 26.8. The van der Waals surface area contributed by atoms with E-state index in [-0.39, 0.29) is 24.2 Å². The predicted octanol–water partition coefficient (Wildman–Crippen LogP) is 1.76. The molecule has 19 heavy (non-hydrogen) atoms. The maximum Gasteiger partial charge on any atom is 0.212 e. The van der Waals surface area contributed by atoms with Gasteiger partial charge in [0.15, 0.2) is 0 Å². The number of hydrogen-bond donors (Lipinski definition) is 2. The Balaban J connectivity index is 0.00000180. The molecule has 0 aliphatic heterocycles. The quantitative estimate of drug-likeness (QED) is 0.837. The number of aryl methyl sites for hydroxylation is 1. The van der Waals surface area contributed by atoms with Gasteiger partial charge in [0, 0.05) is 10.9 Å². The van der Waals surface area contributed by atoms with Crippen LogP contribution in [0.2, 0.25) is 0 Å². The summed E-state index contributed by atoms with van der Waals surface area (Å²) in [5.74, 6) is 0.475. The van der Waals surface area contributed by atoms with Crippen molar-refractivity contribution in [2.45, 2.75) is 31.7 Å². The van der Waals surface area contributed by atoms with Crippen LogP contribution in [-0.4, -0.2) is 26.8 Å². The second-order valence-electron chi connectivity index (χ2n) is 4.80. The lowest BCUT2D eigenvalue weighted by Crippen LogP contribution is -2.41. The van der Waals surface area contributed by atoms with E-state index in [1.807, 2.05) is 17.5 Å². The van der Waals surface area contributed by atoms with Crippen LogP contribution in [0, 0.1) is 5.92 Å². The lowest BCUT2D eigenvalue weighted by Gasteiger charge is -2.19. The SMILES string of the molecule is Cl.NCC1CCCC1NS(=O)(=O)CCc1cccs1. The van der Waals surface area contributed by atoms with Crippen molar-refractivity contribution in [3.63, 3.8) is 0 Å². The van der Waals surface area contributed by atoms with Crippen LogP contribution in [0.5, 0.6) is 0 Å². The van der Waals surface area contributed by atoms with Crippen molar-refractivity contribution in [2.75, 3.05) is 12.3 Å². The minimum absolute atomic E-state index is 0. The van der Waals surface area contributed by atoms with Gasteiger partial charge in [-0.3, -0.25) is 0 Å². The average molecular weight is 325 g/mol. The highest BCUT2D eigenvalue weighted by Crippen LogP contribution is 2.25. The molecular weight excluding hydrogens is 304 g/mol. The largest absolute Gasteiger partial charge is 0.330 e. The third-order valence-corrected chi connectivity index (χ3v) is 5.83. The first-order valence-corrected chi connectivity index (χ1v) is 8.86. The van der Waals surface area contributed by atoms with E-state index in [0.29, 0.717) is 18.9 Å².